The lowest BCUT2D eigenvalue weighted by atomic mass is 10.1. The van der Waals surface area contributed by atoms with Crippen LogP contribution in [0.25, 0.3) is 0 Å². The van der Waals surface area contributed by atoms with Gasteiger partial charge in [0, 0.05) is 0 Å². The van der Waals surface area contributed by atoms with E-state index in [4.69, 9.17) is 11.0 Å². The van der Waals surface area contributed by atoms with Crippen LogP contribution in [0.5, 0.6) is 0 Å². The second-order valence-corrected chi connectivity index (χ2v) is 2.92. The fourth-order valence-electron chi connectivity index (χ4n) is 1.14. The maximum Gasteiger partial charge on any atom is 0.358 e. The van der Waals surface area contributed by atoms with Crippen molar-refractivity contribution in [2.75, 3.05) is 20.0 Å². The van der Waals surface area contributed by atoms with E-state index in [9.17, 15) is 9.59 Å². The number of nitrogens with zero attached hydrogens (tertiary/aromatic N) is 2. The molecule has 0 aliphatic rings. The standard InChI is InChI=1S/C10H9N3O4/c1-16-9(14)7-3-6(12)5(4-11)8(13-7)10(15)17-2/h3H,1-2H3,(H2,12,13). The summed E-state index contributed by atoms with van der Waals surface area (Å²) in [5.74, 6) is -1.61. The minimum absolute atomic E-state index is 0.0386. The van der Waals surface area contributed by atoms with Crippen LogP contribution in [0.3, 0.4) is 0 Å². The molecule has 17 heavy (non-hydrogen) atoms. The van der Waals surface area contributed by atoms with Gasteiger partial charge in [-0.25, -0.2) is 14.6 Å². The lowest BCUT2D eigenvalue weighted by Gasteiger charge is -2.06. The van der Waals surface area contributed by atoms with Crippen molar-refractivity contribution in [3.05, 3.63) is 23.0 Å². The van der Waals surface area contributed by atoms with Crippen LogP contribution in [-0.4, -0.2) is 31.1 Å². The molecule has 0 unspecified atom stereocenters. The first-order chi connectivity index (χ1) is 8.04. The first-order valence-corrected chi connectivity index (χ1v) is 4.42. The third-order valence-electron chi connectivity index (χ3n) is 1.94. The first-order valence-electron chi connectivity index (χ1n) is 4.42. The zero-order valence-electron chi connectivity index (χ0n) is 9.18. The van der Waals surface area contributed by atoms with Crippen molar-refractivity contribution in [1.29, 1.82) is 5.26 Å². The Hall–Kier alpha value is -2.62. The molecule has 0 aromatic carbocycles. The summed E-state index contributed by atoms with van der Waals surface area (Å²) in [5, 5.41) is 8.84. The van der Waals surface area contributed by atoms with Crippen LogP contribution in [0.1, 0.15) is 26.5 Å². The van der Waals surface area contributed by atoms with Gasteiger partial charge >= 0.3 is 11.9 Å². The topological polar surface area (TPSA) is 115 Å². The molecule has 7 nitrogen and oxygen atoms in total. The van der Waals surface area contributed by atoms with Gasteiger partial charge in [0.15, 0.2) is 11.4 Å². The van der Waals surface area contributed by atoms with Crippen molar-refractivity contribution >= 4 is 17.6 Å². The van der Waals surface area contributed by atoms with Crippen molar-refractivity contribution in [3.63, 3.8) is 0 Å². The summed E-state index contributed by atoms with van der Waals surface area (Å²) in [4.78, 5) is 26.3. The average Bonchev–Trinajstić information content (AvgIpc) is 2.35. The van der Waals surface area contributed by atoms with Crippen molar-refractivity contribution in [1.82, 2.24) is 4.98 Å². The third kappa shape index (κ3) is 2.31. The lowest BCUT2D eigenvalue weighted by molar-refractivity contribution is 0.0585. The van der Waals surface area contributed by atoms with Gasteiger partial charge in [-0.3, -0.25) is 0 Å². The highest BCUT2D eigenvalue weighted by atomic mass is 16.5. The molecule has 0 atom stereocenters. The fraction of sp³-hybridized carbons (Fsp3) is 0.200. The van der Waals surface area contributed by atoms with E-state index >= 15 is 0 Å². The number of carbonyl (C=O) groups is 2. The molecule has 88 valence electrons. The summed E-state index contributed by atoms with van der Waals surface area (Å²) < 4.78 is 8.88. The van der Waals surface area contributed by atoms with E-state index in [1.165, 1.54) is 0 Å². The Balaban J connectivity index is 3.45. The Morgan fingerprint density at radius 1 is 1.35 bits per heavy atom. The summed E-state index contributed by atoms with van der Waals surface area (Å²) in [6.45, 7) is 0. The number of nitrogen functional groups attached to an aromatic ring is 1. The van der Waals surface area contributed by atoms with E-state index < -0.39 is 11.9 Å². The monoisotopic (exact) mass is 235 g/mol. The average molecular weight is 235 g/mol. The lowest BCUT2D eigenvalue weighted by Crippen LogP contribution is -2.14. The van der Waals surface area contributed by atoms with Crippen LogP contribution in [0, 0.1) is 11.3 Å². The maximum atomic E-state index is 11.4. The molecule has 0 saturated heterocycles. The predicted octanol–water partition coefficient (Wildman–Crippen LogP) is 0.109. The van der Waals surface area contributed by atoms with Gasteiger partial charge in [0.2, 0.25) is 0 Å². The van der Waals surface area contributed by atoms with Gasteiger partial charge in [-0.15, -0.1) is 0 Å². The van der Waals surface area contributed by atoms with Gasteiger partial charge in [0.25, 0.3) is 0 Å². The molecule has 0 saturated carbocycles. The second kappa shape index (κ2) is 4.94. The number of aromatic nitrogens is 1. The third-order valence-corrected chi connectivity index (χ3v) is 1.94. The normalized spacial score (nSPS) is 9.24. The SMILES string of the molecule is COC(=O)c1cc(N)c(C#N)c(C(=O)OC)n1. The van der Waals surface area contributed by atoms with Crippen molar-refractivity contribution < 1.29 is 19.1 Å². The minimum atomic E-state index is -0.848. The number of anilines is 1. The van der Waals surface area contributed by atoms with E-state index in [1.54, 1.807) is 6.07 Å². The molecule has 0 bridgehead atoms. The number of hydrogen-bond acceptors (Lipinski definition) is 7. The Labute approximate surface area is 96.8 Å². The summed E-state index contributed by atoms with van der Waals surface area (Å²) >= 11 is 0. The number of rotatable bonds is 2. The molecular weight excluding hydrogens is 226 g/mol. The van der Waals surface area contributed by atoms with Gasteiger partial charge in [-0.1, -0.05) is 0 Å². The first kappa shape index (κ1) is 12.4. The molecule has 1 rings (SSSR count). The van der Waals surface area contributed by atoms with Crippen LogP contribution < -0.4 is 5.73 Å². The van der Waals surface area contributed by atoms with Crippen LogP contribution in [0.15, 0.2) is 6.07 Å². The van der Waals surface area contributed by atoms with Crippen molar-refractivity contribution in [2.24, 2.45) is 0 Å². The molecule has 0 spiro atoms. The van der Waals surface area contributed by atoms with Crippen LogP contribution >= 0.6 is 0 Å². The van der Waals surface area contributed by atoms with E-state index in [-0.39, 0.29) is 22.6 Å². The molecule has 0 aliphatic carbocycles. The second-order valence-electron chi connectivity index (χ2n) is 2.92. The van der Waals surface area contributed by atoms with Gasteiger partial charge in [0.05, 0.1) is 19.9 Å². The quantitative estimate of drug-likeness (QED) is 0.723. The van der Waals surface area contributed by atoms with Gasteiger partial charge in [-0.2, -0.15) is 5.26 Å². The van der Waals surface area contributed by atoms with Gasteiger partial charge in [-0.05, 0) is 6.07 Å². The Morgan fingerprint density at radius 3 is 2.41 bits per heavy atom. The highest BCUT2D eigenvalue weighted by molar-refractivity contribution is 5.95. The number of methoxy groups -OCH3 is 2. The van der Waals surface area contributed by atoms with E-state index in [0.29, 0.717) is 0 Å². The van der Waals surface area contributed by atoms with Crippen LogP contribution in [0.4, 0.5) is 5.69 Å². The van der Waals surface area contributed by atoms with Crippen LogP contribution in [0.2, 0.25) is 0 Å². The van der Waals surface area contributed by atoms with Gasteiger partial charge < -0.3 is 15.2 Å². The summed E-state index contributed by atoms with van der Waals surface area (Å²) in [6.07, 6.45) is 0. The number of pyridine rings is 1. The highest BCUT2D eigenvalue weighted by Crippen LogP contribution is 2.17. The summed E-state index contributed by atoms with van der Waals surface area (Å²) in [7, 11) is 2.29. The molecular formula is C10H9N3O4. The summed E-state index contributed by atoms with van der Waals surface area (Å²) in [5.41, 5.74) is 4.89. The number of nitrogens with two attached hydrogens (primary N) is 1. The molecule has 7 heteroatoms. The number of carbonyl (C=O) groups excluding carboxylic acids is 2. The molecule has 0 fully saturated rings. The van der Waals surface area contributed by atoms with E-state index in [2.05, 4.69) is 14.5 Å². The Morgan fingerprint density at radius 2 is 1.94 bits per heavy atom. The maximum absolute atomic E-state index is 11.4. The molecule has 1 heterocycles. The largest absolute Gasteiger partial charge is 0.464 e. The number of hydrogen-bond donors (Lipinski definition) is 1. The van der Waals surface area contributed by atoms with Crippen molar-refractivity contribution in [3.8, 4) is 6.07 Å². The smallest absolute Gasteiger partial charge is 0.358 e. The molecule has 0 amide bonds. The molecule has 2 N–H and O–H groups in total. The fourth-order valence-corrected chi connectivity index (χ4v) is 1.14. The Bertz CT molecular complexity index is 519. The Kier molecular flexibility index (Phi) is 3.62. The van der Waals surface area contributed by atoms with E-state index in [1.807, 2.05) is 0 Å². The zero-order valence-corrected chi connectivity index (χ0v) is 9.18. The van der Waals surface area contributed by atoms with Gasteiger partial charge in [0.1, 0.15) is 11.6 Å². The van der Waals surface area contributed by atoms with Crippen LogP contribution in [-0.2, 0) is 9.47 Å². The molecule has 1 aromatic rings. The summed E-state index contributed by atoms with van der Waals surface area (Å²) in [6, 6.07) is 2.89. The highest BCUT2D eigenvalue weighted by Gasteiger charge is 2.20. The minimum Gasteiger partial charge on any atom is -0.464 e. The van der Waals surface area contributed by atoms with E-state index in [0.717, 1.165) is 20.3 Å². The number of ether oxygens (including phenoxy) is 2. The molecule has 1 aromatic heterocycles. The molecule has 0 aliphatic heterocycles. The van der Waals surface area contributed by atoms with Crippen molar-refractivity contribution in [2.45, 2.75) is 0 Å². The molecule has 0 radical (unpaired) electrons. The number of esters is 2. The number of nitriles is 1. The predicted molar refractivity (Wildman–Crippen MR) is 56.0 cm³/mol. The zero-order chi connectivity index (χ0) is 13.0.